The van der Waals surface area contributed by atoms with Crippen molar-refractivity contribution in [1.82, 2.24) is 9.88 Å². The van der Waals surface area contributed by atoms with E-state index in [-0.39, 0.29) is 18.9 Å². The van der Waals surface area contributed by atoms with Crippen molar-refractivity contribution in [2.45, 2.75) is 18.4 Å². The van der Waals surface area contributed by atoms with Crippen LogP contribution in [-0.2, 0) is 16.6 Å². The van der Waals surface area contributed by atoms with Crippen molar-refractivity contribution in [2.24, 2.45) is 7.05 Å². The molecular weight excluding hydrogens is 316 g/mol. The van der Waals surface area contributed by atoms with Gasteiger partial charge in [-0.15, -0.1) is 0 Å². The number of rotatable bonds is 4. The minimum atomic E-state index is -0.945. The second-order valence-corrected chi connectivity index (χ2v) is 5.68. The summed E-state index contributed by atoms with van der Waals surface area (Å²) in [6.45, 7) is 0.695. The van der Waals surface area contributed by atoms with Crippen molar-refractivity contribution in [2.75, 3.05) is 13.2 Å². The SMILES string of the molecule is Cn1cc(Br)cc1C(=O)NC1(CC(=O)O)CCOC1. The molecule has 7 heteroatoms. The van der Waals surface area contributed by atoms with Crippen LogP contribution in [0.25, 0.3) is 0 Å². The fourth-order valence-electron chi connectivity index (χ4n) is 2.23. The highest BCUT2D eigenvalue weighted by Crippen LogP contribution is 2.24. The zero-order chi connectivity index (χ0) is 14.0. The van der Waals surface area contributed by atoms with Crippen molar-refractivity contribution in [1.29, 1.82) is 0 Å². The molecule has 1 unspecified atom stereocenters. The molecule has 1 aliphatic rings. The highest BCUT2D eigenvalue weighted by Gasteiger charge is 2.39. The number of carboxylic acid groups (broad SMARTS) is 1. The lowest BCUT2D eigenvalue weighted by molar-refractivity contribution is -0.138. The number of hydrogen-bond donors (Lipinski definition) is 2. The summed E-state index contributed by atoms with van der Waals surface area (Å²) in [6.07, 6.45) is 2.14. The summed E-state index contributed by atoms with van der Waals surface area (Å²) in [6, 6.07) is 1.69. The second kappa shape index (κ2) is 5.34. The maximum Gasteiger partial charge on any atom is 0.305 e. The number of nitrogens with one attached hydrogen (secondary N) is 1. The van der Waals surface area contributed by atoms with Gasteiger partial charge in [0.05, 0.1) is 18.6 Å². The Morgan fingerprint density at radius 2 is 2.37 bits per heavy atom. The molecule has 19 heavy (non-hydrogen) atoms. The number of aromatic nitrogens is 1. The minimum absolute atomic E-state index is 0.135. The molecule has 0 saturated carbocycles. The van der Waals surface area contributed by atoms with Gasteiger partial charge in [-0.05, 0) is 28.4 Å². The standard InChI is InChI=1S/C12H15BrN2O4/c1-15-6-8(13)4-9(15)11(18)14-12(5-10(16)17)2-3-19-7-12/h4,6H,2-3,5,7H2,1H3,(H,14,18)(H,16,17). The van der Waals surface area contributed by atoms with Crippen molar-refractivity contribution in [3.8, 4) is 0 Å². The average molecular weight is 331 g/mol. The molecule has 1 aromatic heterocycles. The Balaban J connectivity index is 2.15. The van der Waals surface area contributed by atoms with Crippen LogP contribution < -0.4 is 5.32 Å². The molecule has 2 N–H and O–H groups in total. The van der Waals surface area contributed by atoms with Crippen LogP contribution in [0.1, 0.15) is 23.3 Å². The predicted octanol–water partition coefficient (Wildman–Crippen LogP) is 1.15. The molecule has 0 bridgehead atoms. The molecule has 1 amide bonds. The van der Waals surface area contributed by atoms with Gasteiger partial charge in [0.15, 0.2) is 0 Å². The number of carboxylic acids is 1. The van der Waals surface area contributed by atoms with Crippen molar-refractivity contribution in [3.63, 3.8) is 0 Å². The number of halogens is 1. The summed E-state index contributed by atoms with van der Waals surface area (Å²) in [5.41, 5.74) is -0.330. The highest BCUT2D eigenvalue weighted by molar-refractivity contribution is 9.10. The first-order valence-electron chi connectivity index (χ1n) is 5.86. The third-order valence-electron chi connectivity index (χ3n) is 3.18. The van der Waals surface area contributed by atoms with Gasteiger partial charge in [-0.2, -0.15) is 0 Å². The fraction of sp³-hybridized carbons (Fsp3) is 0.500. The molecule has 0 radical (unpaired) electrons. The number of nitrogens with zero attached hydrogens (tertiary/aromatic N) is 1. The van der Waals surface area contributed by atoms with E-state index in [9.17, 15) is 9.59 Å². The van der Waals surface area contributed by atoms with E-state index in [0.29, 0.717) is 18.7 Å². The second-order valence-electron chi connectivity index (χ2n) is 4.76. The van der Waals surface area contributed by atoms with E-state index in [4.69, 9.17) is 9.84 Å². The molecule has 0 aliphatic carbocycles. The van der Waals surface area contributed by atoms with Crippen LogP contribution in [0.4, 0.5) is 0 Å². The van der Waals surface area contributed by atoms with Crippen LogP contribution in [0.15, 0.2) is 16.7 Å². The Morgan fingerprint density at radius 3 is 2.84 bits per heavy atom. The Labute approximate surface area is 118 Å². The predicted molar refractivity (Wildman–Crippen MR) is 71.0 cm³/mol. The Morgan fingerprint density at radius 1 is 1.63 bits per heavy atom. The number of ether oxygens (including phenoxy) is 1. The first-order chi connectivity index (χ1) is 8.92. The zero-order valence-electron chi connectivity index (χ0n) is 10.5. The Hall–Kier alpha value is -1.34. The Bertz CT molecular complexity index is 506. The van der Waals surface area contributed by atoms with Crippen molar-refractivity contribution >= 4 is 27.8 Å². The first-order valence-corrected chi connectivity index (χ1v) is 6.65. The third-order valence-corrected chi connectivity index (χ3v) is 3.61. The highest BCUT2D eigenvalue weighted by atomic mass is 79.9. The number of aliphatic carboxylic acids is 1. The van der Waals surface area contributed by atoms with E-state index in [1.807, 2.05) is 0 Å². The molecule has 1 aliphatic heterocycles. The Kier molecular flexibility index (Phi) is 3.96. The lowest BCUT2D eigenvalue weighted by atomic mass is 9.94. The van der Waals surface area contributed by atoms with Gasteiger partial charge < -0.3 is 19.7 Å². The zero-order valence-corrected chi connectivity index (χ0v) is 12.1. The van der Waals surface area contributed by atoms with Gasteiger partial charge in [0.1, 0.15) is 5.69 Å². The van der Waals surface area contributed by atoms with Crippen molar-refractivity contribution < 1.29 is 19.4 Å². The quantitative estimate of drug-likeness (QED) is 0.867. The van der Waals surface area contributed by atoms with Crippen LogP contribution in [0.2, 0.25) is 0 Å². The summed E-state index contributed by atoms with van der Waals surface area (Å²) in [4.78, 5) is 23.2. The van der Waals surface area contributed by atoms with Crippen molar-refractivity contribution in [3.05, 3.63) is 22.4 Å². The van der Waals surface area contributed by atoms with Gasteiger partial charge in [0, 0.05) is 24.3 Å². The van der Waals surface area contributed by atoms with Gasteiger partial charge in [0.2, 0.25) is 0 Å². The van der Waals surface area contributed by atoms with Crippen LogP contribution in [0.5, 0.6) is 0 Å². The molecule has 1 fully saturated rings. The molecule has 1 atom stereocenters. The summed E-state index contributed by atoms with van der Waals surface area (Å²) >= 11 is 3.30. The van der Waals surface area contributed by atoms with E-state index >= 15 is 0 Å². The van der Waals surface area contributed by atoms with Crippen LogP contribution >= 0.6 is 15.9 Å². The normalized spacial score (nSPS) is 22.4. The molecule has 2 heterocycles. The fourth-order valence-corrected chi connectivity index (χ4v) is 2.76. The largest absolute Gasteiger partial charge is 0.481 e. The lowest BCUT2D eigenvalue weighted by Gasteiger charge is -2.27. The maximum absolute atomic E-state index is 12.2. The summed E-state index contributed by atoms with van der Waals surface area (Å²) < 4.78 is 7.72. The number of carbonyl (C=O) groups excluding carboxylic acids is 1. The van der Waals surface area contributed by atoms with Crippen LogP contribution in [0, 0.1) is 0 Å². The lowest BCUT2D eigenvalue weighted by Crippen LogP contribution is -2.50. The first kappa shape index (κ1) is 14.1. The van der Waals surface area contributed by atoms with Gasteiger partial charge in [-0.25, -0.2) is 0 Å². The number of amides is 1. The minimum Gasteiger partial charge on any atom is -0.481 e. The molecule has 1 aromatic rings. The van der Waals surface area contributed by atoms with Crippen LogP contribution in [-0.4, -0.2) is 40.3 Å². The molecule has 1 saturated heterocycles. The number of hydrogen-bond acceptors (Lipinski definition) is 3. The number of aryl methyl sites for hydroxylation is 1. The topological polar surface area (TPSA) is 80.6 Å². The monoisotopic (exact) mass is 330 g/mol. The summed E-state index contributed by atoms with van der Waals surface area (Å²) in [7, 11) is 1.76. The molecule has 0 spiro atoms. The van der Waals surface area contributed by atoms with Gasteiger partial charge in [-0.3, -0.25) is 9.59 Å². The van der Waals surface area contributed by atoms with E-state index in [1.165, 1.54) is 0 Å². The number of carbonyl (C=O) groups is 2. The average Bonchev–Trinajstić information content (AvgIpc) is 2.85. The van der Waals surface area contributed by atoms with E-state index in [1.54, 1.807) is 23.9 Å². The van der Waals surface area contributed by atoms with Crippen LogP contribution in [0.3, 0.4) is 0 Å². The summed E-state index contributed by atoms with van der Waals surface area (Å²) in [5, 5.41) is 11.8. The van der Waals surface area contributed by atoms with E-state index in [2.05, 4.69) is 21.2 Å². The molecule has 6 nitrogen and oxygen atoms in total. The third kappa shape index (κ3) is 3.16. The maximum atomic E-state index is 12.2. The van der Waals surface area contributed by atoms with E-state index in [0.717, 1.165) is 4.47 Å². The molecule has 104 valence electrons. The smallest absolute Gasteiger partial charge is 0.305 e. The van der Waals surface area contributed by atoms with Gasteiger partial charge >= 0.3 is 5.97 Å². The van der Waals surface area contributed by atoms with Gasteiger partial charge in [0.25, 0.3) is 5.91 Å². The summed E-state index contributed by atoms with van der Waals surface area (Å²) in [5.74, 6) is -1.24. The van der Waals surface area contributed by atoms with E-state index < -0.39 is 11.5 Å². The molecular formula is C12H15BrN2O4. The molecule has 0 aromatic carbocycles. The molecule has 2 rings (SSSR count). The van der Waals surface area contributed by atoms with Gasteiger partial charge in [-0.1, -0.05) is 0 Å².